The van der Waals surface area contributed by atoms with Crippen LogP contribution in [0.25, 0.3) is 22.5 Å². The quantitative estimate of drug-likeness (QED) is 0.281. The fourth-order valence-electron chi connectivity index (χ4n) is 4.45. The van der Waals surface area contributed by atoms with Crippen LogP contribution in [0.15, 0.2) is 79.1 Å². The van der Waals surface area contributed by atoms with Crippen LogP contribution in [0.2, 0.25) is 0 Å². The molecule has 0 saturated carbocycles. The van der Waals surface area contributed by atoms with Gasteiger partial charge in [0.05, 0.1) is 5.56 Å². The summed E-state index contributed by atoms with van der Waals surface area (Å²) in [6.07, 6.45) is 2.81. The van der Waals surface area contributed by atoms with Gasteiger partial charge < -0.3 is 16.2 Å². The van der Waals surface area contributed by atoms with Crippen molar-refractivity contribution in [2.75, 3.05) is 10.6 Å². The lowest BCUT2D eigenvalue weighted by atomic mass is 9.91. The van der Waals surface area contributed by atoms with Gasteiger partial charge in [-0.25, -0.2) is 19.7 Å². The molecule has 180 valence electrons. The molecule has 1 aliphatic heterocycles. The highest BCUT2D eigenvalue weighted by Gasteiger charge is 2.49. The Kier molecular flexibility index (Phi) is 5.60. The fourth-order valence-corrected chi connectivity index (χ4v) is 4.45. The van der Waals surface area contributed by atoms with Gasteiger partial charge in [-0.05, 0) is 49.2 Å². The molecule has 5 rings (SSSR count). The molecule has 2 aromatic heterocycles. The maximum absolute atomic E-state index is 12.9. The number of carbonyl (C=O) groups is 1. The fraction of sp³-hybridized carbons (Fsp3) is 0.148. The number of nitrogens with two attached hydrogens (primary N) is 2. The molecule has 1 aliphatic rings. The molecule has 5 N–H and O–H groups in total. The summed E-state index contributed by atoms with van der Waals surface area (Å²) in [4.78, 5) is 27.5. The third-order valence-corrected chi connectivity index (χ3v) is 6.15. The molecule has 36 heavy (non-hydrogen) atoms. The number of carbonyl (C=O) groups excluding carboxylic acids is 1. The van der Waals surface area contributed by atoms with Gasteiger partial charge in [0.15, 0.2) is 5.82 Å². The standard InChI is InChI=1S/C27H25N7O2/c1-27(2)22(17-6-4-3-5-7-17)34(26(35)36-27)19-10-8-16(9-11-19)18-14-20(24(30)32-15-18)25-31-13-12-21(33-25)23(28)29/h3-15,22H,1-2H3,(H3,28,29)(H2,30,32)/t22-/m0/s1. The SMILES string of the molecule is CC1(C)OC(=O)N(c2ccc(-c3cnc(N)c(-c4nccc(C(=N)N)n4)c3)cc2)[C@H]1c1ccccc1. The van der Waals surface area contributed by atoms with Crippen molar-refractivity contribution in [3.05, 3.63) is 90.4 Å². The average Bonchev–Trinajstić information content (AvgIpc) is 3.13. The Bertz CT molecular complexity index is 1450. The maximum Gasteiger partial charge on any atom is 0.415 e. The van der Waals surface area contributed by atoms with Gasteiger partial charge in [-0.1, -0.05) is 42.5 Å². The van der Waals surface area contributed by atoms with Crippen molar-refractivity contribution >= 4 is 23.4 Å². The molecule has 3 heterocycles. The summed E-state index contributed by atoms with van der Waals surface area (Å²) < 4.78 is 5.73. The van der Waals surface area contributed by atoms with Gasteiger partial charge in [-0.2, -0.15) is 0 Å². The normalized spacial score (nSPS) is 16.6. The van der Waals surface area contributed by atoms with E-state index in [-0.39, 0.29) is 23.8 Å². The number of anilines is 2. The van der Waals surface area contributed by atoms with Crippen LogP contribution >= 0.6 is 0 Å². The van der Waals surface area contributed by atoms with E-state index in [0.29, 0.717) is 17.1 Å². The van der Waals surface area contributed by atoms with E-state index in [2.05, 4.69) is 15.0 Å². The number of rotatable bonds is 5. The zero-order valence-corrected chi connectivity index (χ0v) is 19.8. The van der Waals surface area contributed by atoms with E-state index in [9.17, 15) is 4.79 Å². The molecule has 1 fully saturated rings. The number of amides is 1. The number of benzene rings is 2. The molecular weight excluding hydrogens is 454 g/mol. The van der Waals surface area contributed by atoms with Crippen molar-refractivity contribution in [1.82, 2.24) is 15.0 Å². The summed E-state index contributed by atoms with van der Waals surface area (Å²) in [6.45, 7) is 3.84. The number of cyclic esters (lactones) is 1. The molecule has 9 nitrogen and oxygen atoms in total. The van der Waals surface area contributed by atoms with E-state index in [4.69, 9.17) is 21.6 Å². The van der Waals surface area contributed by atoms with Gasteiger partial charge in [0.2, 0.25) is 0 Å². The summed E-state index contributed by atoms with van der Waals surface area (Å²) in [5.74, 6) is 0.442. The summed E-state index contributed by atoms with van der Waals surface area (Å²) >= 11 is 0. The smallest absolute Gasteiger partial charge is 0.415 e. The number of aromatic nitrogens is 3. The van der Waals surface area contributed by atoms with Crippen LogP contribution in [0.3, 0.4) is 0 Å². The number of ether oxygens (including phenoxy) is 1. The first kappa shape index (κ1) is 23.0. The molecule has 0 unspecified atom stereocenters. The van der Waals surface area contributed by atoms with E-state index < -0.39 is 5.60 Å². The van der Waals surface area contributed by atoms with Crippen LogP contribution in [-0.2, 0) is 4.74 Å². The highest BCUT2D eigenvalue weighted by Crippen LogP contribution is 2.44. The predicted molar refractivity (Wildman–Crippen MR) is 138 cm³/mol. The molecular formula is C27H25N7O2. The lowest BCUT2D eigenvalue weighted by Gasteiger charge is -2.29. The number of pyridine rings is 1. The van der Waals surface area contributed by atoms with Crippen LogP contribution in [0, 0.1) is 5.41 Å². The Morgan fingerprint density at radius 3 is 2.44 bits per heavy atom. The first-order chi connectivity index (χ1) is 17.2. The van der Waals surface area contributed by atoms with Crippen LogP contribution in [0.4, 0.5) is 16.3 Å². The molecule has 0 bridgehead atoms. The summed E-state index contributed by atoms with van der Waals surface area (Å²) in [5, 5.41) is 7.63. The van der Waals surface area contributed by atoms with Gasteiger partial charge in [0, 0.05) is 23.6 Å². The van der Waals surface area contributed by atoms with Gasteiger partial charge in [0.1, 0.15) is 29.0 Å². The van der Waals surface area contributed by atoms with Crippen LogP contribution < -0.4 is 16.4 Å². The van der Waals surface area contributed by atoms with E-state index in [0.717, 1.165) is 22.4 Å². The minimum atomic E-state index is -0.693. The van der Waals surface area contributed by atoms with Gasteiger partial charge in [-0.3, -0.25) is 10.3 Å². The molecule has 2 aromatic carbocycles. The Hall–Kier alpha value is -4.79. The summed E-state index contributed by atoms with van der Waals surface area (Å²) in [7, 11) is 0. The maximum atomic E-state index is 12.9. The molecule has 0 spiro atoms. The molecule has 4 aromatic rings. The molecule has 0 radical (unpaired) electrons. The Morgan fingerprint density at radius 1 is 1.03 bits per heavy atom. The van der Waals surface area contributed by atoms with Crippen LogP contribution in [0.5, 0.6) is 0 Å². The Morgan fingerprint density at radius 2 is 1.75 bits per heavy atom. The second kappa shape index (κ2) is 8.77. The number of amidine groups is 1. The third kappa shape index (κ3) is 4.11. The largest absolute Gasteiger partial charge is 0.441 e. The second-order valence-electron chi connectivity index (χ2n) is 9.04. The summed E-state index contributed by atoms with van der Waals surface area (Å²) in [5.41, 5.74) is 15.2. The van der Waals surface area contributed by atoms with Gasteiger partial charge in [0.25, 0.3) is 0 Å². The van der Waals surface area contributed by atoms with Crippen molar-refractivity contribution in [1.29, 1.82) is 5.41 Å². The number of nitrogens with zero attached hydrogens (tertiary/aromatic N) is 4. The number of hydrogen-bond acceptors (Lipinski definition) is 7. The van der Waals surface area contributed by atoms with Crippen molar-refractivity contribution in [2.24, 2.45) is 5.73 Å². The van der Waals surface area contributed by atoms with Crippen molar-refractivity contribution in [3.63, 3.8) is 0 Å². The number of nitrogen functional groups attached to an aromatic ring is 2. The highest BCUT2D eigenvalue weighted by molar-refractivity contribution is 5.94. The Balaban J connectivity index is 1.49. The first-order valence-corrected chi connectivity index (χ1v) is 11.4. The van der Waals surface area contributed by atoms with Crippen LogP contribution in [-0.4, -0.2) is 32.5 Å². The van der Waals surface area contributed by atoms with E-state index >= 15 is 0 Å². The van der Waals surface area contributed by atoms with Crippen molar-refractivity contribution in [2.45, 2.75) is 25.5 Å². The lowest BCUT2D eigenvalue weighted by Crippen LogP contribution is -2.33. The van der Waals surface area contributed by atoms with Crippen molar-refractivity contribution in [3.8, 4) is 22.5 Å². The van der Waals surface area contributed by atoms with E-state index in [1.807, 2.05) is 74.5 Å². The monoisotopic (exact) mass is 479 g/mol. The lowest BCUT2D eigenvalue weighted by molar-refractivity contribution is 0.0685. The van der Waals surface area contributed by atoms with Gasteiger partial charge in [-0.15, -0.1) is 0 Å². The highest BCUT2D eigenvalue weighted by atomic mass is 16.6. The molecule has 0 aliphatic carbocycles. The van der Waals surface area contributed by atoms with Crippen molar-refractivity contribution < 1.29 is 9.53 Å². The average molecular weight is 480 g/mol. The third-order valence-electron chi connectivity index (χ3n) is 6.15. The number of nitrogens with one attached hydrogen (secondary N) is 1. The number of hydrogen-bond donors (Lipinski definition) is 3. The molecule has 9 heteroatoms. The molecule has 1 amide bonds. The zero-order chi connectivity index (χ0) is 25.4. The minimum Gasteiger partial charge on any atom is -0.441 e. The molecule has 1 atom stereocenters. The topological polar surface area (TPSA) is 144 Å². The minimum absolute atomic E-state index is 0.158. The Labute approximate surface area is 208 Å². The van der Waals surface area contributed by atoms with Gasteiger partial charge >= 0.3 is 6.09 Å². The van der Waals surface area contributed by atoms with E-state index in [1.54, 1.807) is 17.2 Å². The zero-order valence-electron chi connectivity index (χ0n) is 19.8. The first-order valence-electron chi connectivity index (χ1n) is 11.4. The second-order valence-corrected chi connectivity index (χ2v) is 9.04. The molecule has 1 saturated heterocycles. The predicted octanol–water partition coefficient (Wildman–Crippen LogP) is 4.55. The summed E-state index contributed by atoms with van der Waals surface area (Å²) in [6, 6.07) is 20.6. The van der Waals surface area contributed by atoms with Crippen LogP contribution in [0.1, 0.15) is 31.1 Å². The van der Waals surface area contributed by atoms with E-state index in [1.165, 1.54) is 6.20 Å².